The lowest BCUT2D eigenvalue weighted by Crippen LogP contribution is -2.43. The lowest BCUT2D eigenvalue weighted by atomic mass is 9.92. The molecule has 0 fully saturated rings. The third-order valence-corrected chi connectivity index (χ3v) is 3.14. The van der Waals surface area contributed by atoms with Gasteiger partial charge in [-0.2, -0.15) is 0 Å². The second kappa shape index (κ2) is 10.5. The van der Waals surface area contributed by atoms with E-state index in [1.165, 1.54) is 19.3 Å². The quantitative estimate of drug-likeness (QED) is 0.415. The van der Waals surface area contributed by atoms with Gasteiger partial charge >= 0.3 is 0 Å². The van der Waals surface area contributed by atoms with Gasteiger partial charge in [0.15, 0.2) is 5.11 Å². The summed E-state index contributed by atoms with van der Waals surface area (Å²) in [5.41, 5.74) is 11.1. The van der Waals surface area contributed by atoms with E-state index in [0.717, 1.165) is 25.2 Å². The first-order chi connectivity index (χ1) is 8.13. The van der Waals surface area contributed by atoms with Crippen LogP contribution in [-0.4, -0.2) is 17.7 Å². The van der Waals surface area contributed by atoms with E-state index < -0.39 is 0 Å². The maximum atomic E-state index is 5.68. The SMILES string of the molecule is C=CC[C@@H](CCCC)CCC(CN)NC(N)=S. The Morgan fingerprint density at radius 1 is 1.41 bits per heavy atom. The minimum Gasteiger partial charge on any atom is -0.376 e. The lowest BCUT2D eigenvalue weighted by Gasteiger charge is -2.20. The first-order valence-electron chi connectivity index (χ1n) is 6.50. The van der Waals surface area contributed by atoms with E-state index in [9.17, 15) is 0 Å². The Morgan fingerprint density at radius 3 is 2.59 bits per heavy atom. The van der Waals surface area contributed by atoms with Crippen molar-refractivity contribution < 1.29 is 0 Å². The molecule has 0 amide bonds. The summed E-state index contributed by atoms with van der Waals surface area (Å²) >= 11 is 4.83. The standard InChI is InChI=1S/C13H27N3S/c1-3-5-7-11(6-4-2)8-9-12(10-14)16-13(15)17/h4,11-12H,2-3,5-10,14H2,1H3,(H3,15,16,17)/t11-,12?/m0/s1. The molecule has 0 saturated carbocycles. The Hall–Kier alpha value is -0.610. The fraction of sp³-hybridized carbons (Fsp3) is 0.769. The molecule has 3 nitrogen and oxygen atoms in total. The molecule has 0 rings (SSSR count). The maximum absolute atomic E-state index is 5.68. The second-order valence-electron chi connectivity index (χ2n) is 4.55. The summed E-state index contributed by atoms with van der Waals surface area (Å²) < 4.78 is 0. The van der Waals surface area contributed by atoms with Gasteiger partial charge in [0.05, 0.1) is 0 Å². The maximum Gasteiger partial charge on any atom is 0.163 e. The van der Waals surface area contributed by atoms with E-state index >= 15 is 0 Å². The Morgan fingerprint density at radius 2 is 2.12 bits per heavy atom. The average molecular weight is 257 g/mol. The van der Waals surface area contributed by atoms with Crippen molar-refractivity contribution in [1.29, 1.82) is 0 Å². The van der Waals surface area contributed by atoms with Crippen molar-refractivity contribution in [3.8, 4) is 0 Å². The van der Waals surface area contributed by atoms with Crippen LogP contribution in [0.15, 0.2) is 12.7 Å². The molecule has 0 aromatic carbocycles. The zero-order valence-electron chi connectivity index (χ0n) is 11.0. The Kier molecular flexibility index (Phi) is 10.2. The van der Waals surface area contributed by atoms with Crippen molar-refractivity contribution in [2.75, 3.05) is 6.54 Å². The highest BCUT2D eigenvalue weighted by Crippen LogP contribution is 2.19. The van der Waals surface area contributed by atoms with Crippen LogP contribution < -0.4 is 16.8 Å². The van der Waals surface area contributed by atoms with Crippen LogP contribution in [0.2, 0.25) is 0 Å². The number of nitrogens with one attached hydrogen (secondary N) is 1. The zero-order valence-corrected chi connectivity index (χ0v) is 11.8. The van der Waals surface area contributed by atoms with Gasteiger partial charge in [-0.15, -0.1) is 6.58 Å². The highest BCUT2D eigenvalue weighted by molar-refractivity contribution is 7.80. The van der Waals surface area contributed by atoms with Gasteiger partial charge in [0.1, 0.15) is 0 Å². The number of nitrogens with two attached hydrogens (primary N) is 2. The predicted molar refractivity (Wildman–Crippen MR) is 79.8 cm³/mol. The van der Waals surface area contributed by atoms with E-state index in [1.807, 2.05) is 6.08 Å². The van der Waals surface area contributed by atoms with E-state index in [0.29, 0.717) is 11.7 Å². The fourth-order valence-corrected chi connectivity index (χ4v) is 2.16. The number of rotatable bonds is 10. The third-order valence-electron chi connectivity index (χ3n) is 3.02. The summed E-state index contributed by atoms with van der Waals surface area (Å²) in [5, 5.41) is 3.38. The molecule has 0 aromatic rings. The van der Waals surface area contributed by atoms with Crippen LogP contribution >= 0.6 is 12.2 Å². The van der Waals surface area contributed by atoms with Gasteiger partial charge in [0.25, 0.3) is 0 Å². The van der Waals surface area contributed by atoms with Gasteiger partial charge in [-0.1, -0.05) is 32.3 Å². The Balaban J connectivity index is 3.97. The first kappa shape index (κ1) is 16.4. The molecule has 5 N–H and O–H groups in total. The van der Waals surface area contributed by atoms with Crippen LogP contribution in [0.5, 0.6) is 0 Å². The minimum atomic E-state index is 0.210. The zero-order chi connectivity index (χ0) is 13.1. The van der Waals surface area contributed by atoms with E-state index in [-0.39, 0.29) is 6.04 Å². The average Bonchev–Trinajstić information content (AvgIpc) is 2.30. The molecule has 0 saturated heterocycles. The van der Waals surface area contributed by atoms with Crippen LogP contribution in [0, 0.1) is 5.92 Å². The summed E-state index contributed by atoms with van der Waals surface area (Å²) in [6.07, 6.45) is 9.09. The highest BCUT2D eigenvalue weighted by atomic mass is 32.1. The molecular formula is C13H27N3S. The van der Waals surface area contributed by atoms with Gasteiger partial charge in [0, 0.05) is 12.6 Å². The van der Waals surface area contributed by atoms with Gasteiger partial charge in [0.2, 0.25) is 0 Å². The molecule has 0 aliphatic heterocycles. The van der Waals surface area contributed by atoms with Crippen molar-refractivity contribution >= 4 is 17.3 Å². The fourth-order valence-electron chi connectivity index (χ4n) is 2.00. The van der Waals surface area contributed by atoms with Crippen molar-refractivity contribution in [2.24, 2.45) is 17.4 Å². The summed E-state index contributed by atoms with van der Waals surface area (Å²) in [5.74, 6) is 0.717. The molecule has 2 atom stereocenters. The van der Waals surface area contributed by atoms with Crippen LogP contribution in [0.4, 0.5) is 0 Å². The predicted octanol–water partition coefficient (Wildman–Crippen LogP) is 2.31. The topological polar surface area (TPSA) is 64.1 Å². The van der Waals surface area contributed by atoms with Gasteiger partial charge in [-0.25, -0.2) is 0 Å². The monoisotopic (exact) mass is 257 g/mol. The van der Waals surface area contributed by atoms with Crippen LogP contribution in [0.1, 0.15) is 45.4 Å². The van der Waals surface area contributed by atoms with Crippen molar-refractivity contribution in [3.05, 3.63) is 12.7 Å². The Bertz CT molecular complexity index is 219. The molecule has 0 bridgehead atoms. The Labute approximate surface area is 111 Å². The summed E-state index contributed by atoms with van der Waals surface area (Å²) in [6, 6.07) is 0.210. The number of allylic oxidation sites excluding steroid dienone is 1. The van der Waals surface area contributed by atoms with Gasteiger partial charge in [-0.3, -0.25) is 0 Å². The first-order valence-corrected chi connectivity index (χ1v) is 6.91. The van der Waals surface area contributed by atoms with Gasteiger partial charge in [-0.05, 0) is 37.4 Å². The lowest BCUT2D eigenvalue weighted by molar-refractivity contribution is 0.397. The van der Waals surface area contributed by atoms with Crippen LogP contribution in [0.3, 0.4) is 0 Å². The van der Waals surface area contributed by atoms with Crippen molar-refractivity contribution in [1.82, 2.24) is 5.32 Å². The molecule has 0 aliphatic rings. The molecule has 4 heteroatoms. The number of hydrogen-bond donors (Lipinski definition) is 3. The molecule has 100 valence electrons. The van der Waals surface area contributed by atoms with Crippen molar-refractivity contribution in [3.63, 3.8) is 0 Å². The van der Waals surface area contributed by atoms with Gasteiger partial charge < -0.3 is 16.8 Å². The molecular weight excluding hydrogens is 230 g/mol. The van der Waals surface area contributed by atoms with E-state index in [2.05, 4.69) is 18.8 Å². The molecule has 17 heavy (non-hydrogen) atoms. The summed E-state index contributed by atoms with van der Waals surface area (Å²) in [4.78, 5) is 0. The third kappa shape index (κ3) is 9.12. The molecule has 0 radical (unpaired) electrons. The number of unbranched alkanes of at least 4 members (excludes halogenated alkanes) is 1. The second-order valence-corrected chi connectivity index (χ2v) is 4.99. The summed E-state index contributed by atoms with van der Waals surface area (Å²) in [6.45, 7) is 6.62. The molecule has 0 heterocycles. The van der Waals surface area contributed by atoms with E-state index in [1.54, 1.807) is 0 Å². The number of hydrogen-bond acceptors (Lipinski definition) is 2. The van der Waals surface area contributed by atoms with Crippen LogP contribution in [0.25, 0.3) is 0 Å². The number of thiocarbonyl (C=S) groups is 1. The molecule has 0 aromatic heterocycles. The minimum absolute atomic E-state index is 0.210. The normalized spacial score (nSPS) is 14.0. The molecule has 0 spiro atoms. The largest absolute Gasteiger partial charge is 0.376 e. The van der Waals surface area contributed by atoms with E-state index in [4.69, 9.17) is 23.7 Å². The smallest absolute Gasteiger partial charge is 0.163 e. The summed E-state index contributed by atoms with van der Waals surface area (Å²) in [7, 11) is 0. The molecule has 0 aliphatic carbocycles. The van der Waals surface area contributed by atoms with Crippen molar-refractivity contribution in [2.45, 2.75) is 51.5 Å². The van der Waals surface area contributed by atoms with Crippen LogP contribution in [-0.2, 0) is 0 Å². The highest BCUT2D eigenvalue weighted by Gasteiger charge is 2.11. The molecule has 1 unspecified atom stereocenters.